The third-order valence-electron chi connectivity index (χ3n) is 2.97. The molecule has 0 spiro atoms. The minimum atomic E-state index is 0.843. The molecule has 0 atom stereocenters. The SMILES string of the molecule is Cn1c(/C=C2\CCCO2)nc2ccccc21. The van der Waals surface area contributed by atoms with Crippen molar-refractivity contribution >= 4 is 17.1 Å². The van der Waals surface area contributed by atoms with Crippen molar-refractivity contribution in [2.75, 3.05) is 6.61 Å². The van der Waals surface area contributed by atoms with Crippen molar-refractivity contribution in [3.8, 4) is 0 Å². The monoisotopic (exact) mass is 214 g/mol. The van der Waals surface area contributed by atoms with Crippen LogP contribution in [0.15, 0.2) is 30.0 Å². The number of aromatic nitrogens is 2. The minimum absolute atomic E-state index is 0.843. The summed E-state index contributed by atoms with van der Waals surface area (Å²) in [6, 6.07) is 8.16. The molecule has 0 radical (unpaired) electrons. The number of fused-ring (bicyclic) bond motifs is 1. The van der Waals surface area contributed by atoms with Crippen LogP contribution in [0.4, 0.5) is 0 Å². The van der Waals surface area contributed by atoms with E-state index in [9.17, 15) is 0 Å². The smallest absolute Gasteiger partial charge is 0.136 e. The lowest BCUT2D eigenvalue weighted by molar-refractivity contribution is 0.266. The van der Waals surface area contributed by atoms with E-state index in [-0.39, 0.29) is 0 Å². The molecule has 2 heterocycles. The Morgan fingerprint density at radius 2 is 2.25 bits per heavy atom. The molecule has 1 aromatic heterocycles. The van der Waals surface area contributed by atoms with Crippen LogP contribution in [-0.2, 0) is 11.8 Å². The van der Waals surface area contributed by atoms with E-state index in [0.29, 0.717) is 0 Å². The Hall–Kier alpha value is -1.77. The summed E-state index contributed by atoms with van der Waals surface area (Å²) in [7, 11) is 2.04. The highest BCUT2D eigenvalue weighted by atomic mass is 16.5. The van der Waals surface area contributed by atoms with Gasteiger partial charge in [-0.15, -0.1) is 0 Å². The maximum absolute atomic E-state index is 5.52. The topological polar surface area (TPSA) is 27.1 Å². The summed E-state index contributed by atoms with van der Waals surface area (Å²) >= 11 is 0. The quantitative estimate of drug-likeness (QED) is 0.729. The molecule has 1 aliphatic rings. The molecule has 3 rings (SSSR count). The first-order chi connectivity index (χ1) is 7.84. The van der Waals surface area contributed by atoms with Crippen molar-refractivity contribution in [3.05, 3.63) is 35.8 Å². The van der Waals surface area contributed by atoms with Gasteiger partial charge in [-0.25, -0.2) is 4.98 Å². The Labute approximate surface area is 94.4 Å². The number of rotatable bonds is 1. The number of hydrogen-bond donors (Lipinski definition) is 0. The Kier molecular flexibility index (Phi) is 2.17. The lowest BCUT2D eigenvalue weighted by atomic mass is 10.3. The molecule has 82 valence electrons. The average molecular weight is 214 g/mol. The van der Waals surface area contributed by atoms with Crippen molar-refractivity contribution in [2.45, 2.75) is 12.8 Å². The normalized spacial score (nSPS) is 18.2. The van der Waals surface area contributed by atoms with Gasteiger partial charge in [-0.3, -0.25) is 0 Å². The number of aryl methyl sites for hydroxylation is 1. The predicted octanol–water partition coefficient (Wildman–Crippen LogP) is 2.72. The van der Waals surface area contributed by atoms with Gasteiger partial charge < -0.3 is 9.30 Å². The molecule has 3 heteroatoms. The van der Waals surface area contributed by atoms with Crippen LogP contribution in [0.1, 0.15) is 18.7 Å². The molecule has 1 aromatic carbocycles. The fourth-order valence-electron chi connectivity index (χ4n) is 2.07. The largest absolute Gasteiger partial charge is 0.498 e. The van der Waals surface area contributed by atoms with E-state index < -0.39 is 0 Å². The standard InChI is InChI=1S/C13H14N2O/c1-15-12-7-3-2-6-11(12)14-13(15)9-10-5-4-8-16-10/h2-3,6-7,9H,4-5,8H2,1H3/b10-9+. The van der Waals surface area contributed by atoms with Gasteiger partial charge in [0.15, 0.2) is 0 Å². The van der Waals surface area contributed by atoms with Crippen molar-refractivity contribution in [1.82, 2.24) is 9.55 Å². The van der Waals surface area contributed by atoms with Gasteiger partial charge in [0, 0.05) is 19.5 Å². The molecule has 0 unspecified atom stereocenters. The molecule has 0 amide bonds. The van der Waals surface area contributed by atoms with Gasteiger partial charge in [-0.2, -0.15) is 0 Å². The Bertz CT molecular complexity index is 546. The van der Waals surface area contributed by atoms with Crippen LogP contribution in [-0.4, -0.2) is 16.2 Å². The van der Waals surface area contributed by atoms with E-state index >= 15 is 0 Å². The van der Waals surface area contributed by atoms with Gasteiger partial charge >= 0.3 is 0 Å². The van der Waals surface area contributed by atoms with Crippen LogP contribution in [0.3, 0.4) is 0 Å². The zero-order valence-electron chi connectivity index (χ0n) is 9.31. The molecular weight excluding hydrogens is 200 g/mol. The van der Waals surface area contributed by atoms with E-state index in [2.05, 4.69) is 15.6 Å². The lowest BCUT2D eigenvalue weighted by Crippen LogP contribution is -1.92. The molecule has 0 bridgehead atoms. The molecular formula is C13H14N2O. The fraction of sp³-hybridized carbons (Fsp3) is 0.308. The molecule has 2 aromatic rings. The molecule has 1 aliphatic heterocycles. The van der Waals surface area contributed by atoms with Crippen molar-refractivity contribution in [2.24, 2.45) is 7.05 Å². The van der Waals surface area contributed by atoms with Gasteiger partial charge in [0.25, 0.3) is 0 Å². The van der Waals surface area contributed by atoms with Crippen LogP contribution in [0.2, 0.25) is 0 Å². The van der Waals surface area contributed by atoms with Gasteiger partial charge in [-0.05, 0) is 18.6 Å². The summed E-state index contributed by atoms with van der Waals surface area (Å²) in [5.41, 5.74) is 2.20. The summed E-state index contributed by atoms with van der Waals surface area (Å²) in [6.07, 6.45) is 4.20. The number of benzene rings is 1. The first-order valence-corrected chi connectivity index (χ1v) is 5.59. The van der Waals surface area contributed by atoms with Gasteiger partial charge in [0.1, 0.15) is 5.82 Å². The summed E-state index contributed by atoms with van der Waals surface area (Å²) in [5, 5.41) is 0. The van der Waals surface area contributed by atoms with Crippen LogP contribution in [0.5, 0.6) is 0 Å². The summed E-state index contributed by atoms with van der Waals surface area (Å²) in [4.78, 5) is 4.58. The van der Waals surface area contributed by atoms with Gasteiger partial charge in [0.05, 0.1) is 23.4 Å². The highest BCUT2D eigenvalue weighted by molar-refractivity contribution is 5.77. The second-order valence-corrected chi connectivity index (χ2v) is 4.08. The van der Waals surface area contributed by atoms with Gasteiger partial charge in [0.2, 0.25) is 0 Å². The molecule has 0 saturated carbocycles. The summed E-state index contributed by atoms with van der Waals surface area (Å²) in [6.45, 7) is 0.843. The highest BCUT2D eigenvalue weighted by Crippen LogP contribution is 2.21. The minimum Gasteiger partial charge on any atom is -0.498 e. The van der Waals surface area contributed by atoms with Crippen molar-refractivity contribution < 1.29 is 4.74 Å². The third-order valence-corrected chi connectivity index (χ3v) is 2.97. The first kappa shape index (κ1) is 9.46. The number of imidazole rings is 1. The van der Waals surface area contributed by atoms with E-state index in [1.807, 2.05) is 31.3 Å². The van der Waals surface area contributed by atoms with E-state index in [0.717, 1.165) is 42.1 Å². The zero-order chi connectivity index (χ0) is 11.0. The van der Waals surface area contributed by atoms with E-state index in [1.165, 1.54) is 0 Å². The maximum atomic E-state index is 5.52. The second-order valence-electron chi connectivity index (χ2n) is 4.08. The zero-order valence-corrected chi connectivity index (χ0v) is 9.31. The van der Waals surface area contributed by atoms with E-state index in [1.54, 1.807) is 0 Å². The van der Waals surface area contributed by atoms with Crippen LogP contribution in [0.25, 0.3) is 17.1 Å². The number of ether oxygens (including phenoxy) is 1. The van der Waals surface area contributed by atoms with Gasteiger partial charge in [-0.1, -0.05) is 12.1 Å². The number of allylic oxidation sites excluding steroid dienone is 1. The summed E-state index contributed by atoms with van der Waals surface area (Å²) < 4.78 is 7.62. The number of nitrogens with zero attached hydrogens (tertiary/aromatic N) is 2. The second kappa shape index (κ2) is 3.67. The third kappa shape index (κ3) is 1.48. The van der Waals surface area contributed by atoms with Crippen molar-refractivity contribution in [3.63, 3.8) is 0 Å². The molecule has 1 saturated heterocycles. The molecule has 16 heavy (non-hydrogen) atoms. The molecule has 0 N–H and O–H groups in total. The molecule has 0 aliphatic carbocycles. The van der Waals surface area contributed by atoms with Crippen LogP contribution >= 0.6 is 0 Å². The predicted molar refractivity (Wildman–Crippen MR) is 63.9 cm³/mol. The maximum Gasteiger partial charge on any atom is 0.136 e. The van der Waals surface area contributed by atoms with E-state index in [4.69, 9.17) is 4.74 Å². The Morgan fingerprint density at radius 1 is 1.38 bits per heavy atom. The molecule has 1 fully saturated rings. The number of para-hydroxylation sites is 2. The lowest BCUT2D eigenvalue weighted by Gasteiger charge is -1.99. The summed E-state index contributed by atoms with van der Waals surface area (Å²) in [5.74, 6) is 2.02. The Morgan fingerprint density at radius 3 is 3.00 bits per heavy atom. The van der Waals surface area contributed by atoms with Crippen LogP contribution < -0.4 is 0 Å². The Balaban J connectivity index is 2.10. The fourth-order valence-corrected chi connectivity index (χ4v) is 2.07. The van der Waals surface area contributed by atoms with Crippen LogP contribution in [0, 0.1) is 0 Å². The average Bonchev–Trinajstić information content (AvgIpc) is 2.90. The first-order valence-electron chi connectivity index (χ1n) is 5.59. The van der Waals surface area contributed by atoms with Crippen molar-refractivity contribution in [1.29, 1.82) is 0 Å². The molecule has 3 nitrogen and oxygen atoms in total. The number of hydrogen-bond acceptors (Lipinski definition) is 2. The highest BCUT2D eigenvalue weighted by Gasteiger charge is 2.10.